The van der Waals surface area contributed by atoms with Gasteiger partial charge in [-0.25, -0.2) is 0 Å². The lowest BCUT2D eigenvalue weighted by Gasteiger charge is -2.12. The second kappa shape index (κ2) is 6.35. The number of hydrogen-bond acceptors (Lipinski definition) is 4. The third kappa shape index (κ3) is 3.72. The fourth-order valence-electron chi connectivity index (χ4n) is 1.15. The van der Waals surface area contributed by atoms with Gasteiger partial charge in [0.15, 0.2) is 17.3 Å². The maximum absolute atomic E-state index is 11.6. The monoisotopic (exact) mass is 245 g/mol. The highest BCUT2D eigenvalue weighted by atomic mass is 35.5. The van der Waals surface area contributed by atoms with Gasteiger partial charge in [-0.15, -0.1) is 12.4 Å². The van der Waals surface area contributed by atoms with E-state index in [9.17, 15) is 9.90 Å². The number of Topliss-reactive ketones (excluding diaryl/α,β-unsaturated/α-hetero) is 1. The molecule has 1 aromatic carbocycles. The third-order valence-electron chi connectivity index (χ3n) is 2.25. The number of ketones is 1. The van der Waals surface area contributed by atoms with Crippen molar-refractivity contribution in [1.29, 1.82) is 0 Å². The van der Waals surface area contributed by atoms with E-state index in [1.165, 1.54) is 18.2 Å². The summed E-state index contributed by atoms with van der Waals surface area (Å²) in [4.78, 5) is 13.5. The average molecular weight is 246 g/mol. The van der Waals surface area contributed by atoms with Crippen molar-refractivity contribution < 1.29 is 15.0 Å². The minimum atomic E-state index is -0.264. The summed E-state index contributed by atoms with van der Waals surface area (Å²) in [6.07, 6.45) is 0. The van der Waals surface area contributed by atoms with Crippen LogP contribution in [-0.2, 0) is 0 Å². The summed E-state index contributed by atoms with van der Waals surface area (Å²) in [5.41, 5.74) is 0.408. The zero-order valence-electron chi connectivity index (χ0n) is 9.30. The summed E-state index contributed by atoms with van der Waals surface area (Å²) in [5.74, 6) is -0.551. The maximum atomic E-state index is 11.6. The van der Waals surface area contributed by atoms with Crippen LogP contribution in [0.3, 0.4) is 0 Å². The van der Waals surface area contributed by atoms with Crippen molar-refractivity contribution >= 4 is 18.2 Å². The SMILES string of the molecule is CCN(C)CC(=O)c1ccc(O)c(O)c1.Cl. The molecule has 16 heavy (non-hydrogen) atoms. The van der Waals surface area contributed by atoms with Crippen molar-refractivity contribution in [3.63, 3.8) is 0 Å². The van der Waals surface area contributed by atoms with Gasteiger partial charge >= 0.3 is 0 Å². The molecule has 90 valence electrons. The van der Waals surface area contributed by atoms with Gasteiger partial charge in [0.05, 0.1) is 6.54 Å². The summed E-state index contributed by atoms with van der Waals surface area (Å²) in [6.45, 7) is 3.05. The van der Waals surface area contributed by atoms with E-state index in [0.717, 1.165) is 6.54 Å². The normalized spacial score (nSPS) is 9.94. The first-order chi connectivity index (χ1) is 7.04. The van der Waals surface area contributed by atoms with E-state index in [-0.39, 0.29) is 29.7 Å². The van der Waals surface area contributed by atoms with Crippen molar-refractivity contribution in [2.24, 2.45) is 0 Å². The van der Waals surface area contributed by atoms with Crippen LogP contribution >= 0.6 is 12.4 Å². The molecule has 5 heteroatoms. The lowest BCUT2D eigenvalue weighted by Crippen LogP contribution is -2.25. The van der Waals surface area contributed by atoms with Crippen molar-refractivity contribution in [1.82, 2.24) is 4.90 Å². The molecule has 0 saturated heterocycles. The summed E-state index contributed by atoms with van der Waals surface area (Å²) >= 11 is 0. The van der Waals surface area contributed by atoms with Crippen molar-refractivity contribution in [2.45, 2.75) is 6.92 Å². The molecular formula is C11H16ClNO3. The fraction of sp³-hybridized carbons (Fsp3) is 0.364. The number of aromatic hydroxyl groups is 2. The van der Waals surface area contributed by atoms with Gasteiger partial charge in [0, 0.05) is 5.56 Å². The molecule has 0 aliphatic carbocycles. The first-order valence-electron chi connectivity index (χ1n) is 4.78. The maximum Gasteiger partial charge on any atom is 0.176 e. The predicted octanol–water partition coefficient (Wildman–Crippen LogP) is 1.65. The Kier molecular flexibility index (Phi) is 5.85. The van der Waals surface area contributed by atoms with Crippen molar-refractivity contribution in [3.05, 3.63) is 23.8 Å². The first-order valence-corrected chi connectivity index (χ1v) is 4.78. The van der Waals surface area contributed by atoms with Crippen LogP contribution in [0, 0.1) is 0 Å². The largest absolute Gasteiger partial charge is 0.504 e. The van der Waals surface area contributed by atoms with Crippen molar-refractivity contribution in [2.75, 3.05) is 20.1 Å². The number of carbonyl (C=O) groups is 1. The Bertz CT molecular complexity index is 368. The van der Waals surface area contributed by atoms with Crippen LogP contribution in [0.15, 0.2) is 18.2 Å². The van der Waals surface area contributed by atoms with Crippen LogP contribution in [0.5, 0.6) is 11.5 Å². The molecule has 0 spiro atoms. The number of benzene rings is 1. The Morgan fingerprint density at radius 3 is 2.44 bits per heavy atom. The number of rotatable bonds is 4. The number of likely N-dealkylation sites (N-methyl/N-ethyl adjacent to an activating group) is 1. The second-order valence-corrected chi connectivity index (χ2v) is 3.46. The van der Waals surface area contributed by atoms with E-state index in [0.29, 0.717) is 12.1 Å². The molecule has 0 amide bonds. The molecule has 0 aliphatic rings. The Morgan fingerprint density at radius 1 is 1.31 bits per heavy atom. The molecule has 1 rings (SSSR count). The summed E-state index contributed by atoms with van der Waals surface area (Å²) < 4.78 is 0. The van der Waals surface area contributed by atoms with E-state index < -0.39 is 0 Å². The quantitative estimate of drug-likeness (QED) is 0.626. The van der Waals surface area contributed by atoms with Gasteiger partial charge < -0.3 is 10.2 Å². The second-order valence-electron chi connectivity index (χ2n) is 3.46. The molecule has 0 atom stereocenters. The minimum Gasteiger partial charge on any atom is -0.504 e. The topological polar surface area (TPSA) is 60.8 Å². The van der Waals surface area contributed by atoms with Gasteiger partial charge in [0.25, 0.3) is 0 Å². The molecule has 2 N–H and O–H groups in total. The standard InChI is InChI=1S/C11H15NO3.ClH/c1-3-12(2)7-11(15)8-4-5-9(13)10(14)6-8;/h4-6,13-14H,3,7H2,1-2H3;1H. The first kappa shape index (κ1) is 14.7. The van der Waals surface area contributed by atoms with Gasteiger partial charge in [-0.05, 0) is 31.8 Å². The molecule has 0 heterocycles. The Balaban J connectivity index is 0.00000225. The highest BCUT2D eigenvalue weighted by Gasteiger charge is 2.10. The summed E-state index contributed by atoms with van der Waals surface area (Å²) in [7, 11) is 1.85. The molecular weight excluding hydrogens is 230 g/mol. The van der Waals surface area contributed by atoms with E-state index in [4.69, 9.17) is 5.11 Å². The van der Waals surface area contributed by atoms with Crippen LogP contribution < -0.4 is 0 Å². The van der Waals surface area contributed by atoms with Crippen LogP contribution in [0.25, 0.3) is 0 Å². The lowest BCUT2D eigenvalue weighted by atomic mass is 10.1. The molecule has 1 aromatic rings. The molecule has 0 bridgehead atoms. The highest BCUT2D eigenvalue weighted by Crippen LogP contribution is 2.24. The number of nitrogens with zero attached hydrogens (tertiary/aromatic N) is 1. The van der Waals surface area contributed by atoms with Crippen LogP contribution in [0.1, 0.15) is 17.3 Å². The number of hydrogen-bond donors (Lipinski definition) is 2. The summed E-state index contributed by atoms with van der Waals surface area (Å²) in [6, 6.07) is 4.09. The third-order valence-corrected chi connectivity index (χ3v) is 2.25. The molecule has 0 fully saturated rings. The molecule has 0 aromatic heterocycles. The smallest absolute Gasteiger partial charge is 0.176 e. The molecule has 4 nitrogen and oxygen atoms in total. The zero-order valence-corrected chi connectivity index (χ0v) is 10.1. The highest BCUT2D eigenvalue weighted by molar-refractivity contribution is 5.98. The van der Waals surface area contributed by atoms with Crippen molar-refractivity contribution in [3.8, 4) is 11.5 Å². The van der Waals surface area contributed by atoms with Crippen LogP contribution in [-0.4, -0.2) is 41.0 Å². The molecule has 0 saturated carbocycles. The zero-order chi connectivity index (χ0) is 11.4. The predicted molar refractivity (Wildman–Crippen MR) is 64.5 cm³/mol. The van der Waals surface area contributed by atoms with Crippen LogP contribution in [0.2, 0.25) is 0 Å². The molecule has 0 aliphatic heterocycles. The van der Waals surface area contributed by atoms with Crippen LogP contribution in [0.4, 0.5) is 0 Å². The number of phenols is 2. The van der Waals surface area contributed by atoms with Gasteiger partial charge in [-0.1, -0.05) is 6.92 Å². The molecule has 0 radical (unpaired) electrons. The number of carbonyl (C=O) groups excluding carboxylic acids is 1. The number of halogens is 1. The fourth-order valence-corrected chi connectivity index (χ4v) is 1.15. The Hall–Kier alpha value is -1.26. The average Bonchev–Trinajstić information content (AvgIpc) is 2.21. The van der Waals surface area contributed by atoms with E-state index in [1.54, 1.807) is 0 Å². The summed E-state index contributed by atoms with van der Waals surface area (Å²) in [5, 5.41) is 18.3. The molecule has 0 unspecified atom stereocenters. The Labute approximate surface area is 101 Å². The van der Waals surface area contributed by atoms with E-state index in [2.05, 4.69) is 0 Å². The minimum absolute atomic E-state index is 0. The van der Waals surface area contributed by atoms with Gasteiger partial charge in [0.1, 0.15) is 0 Å². The number of phenolic OH excluding ortho intramolecular Hbond substituents is 2. The van der Waals surface area contributed by atoms with Gasteiger partial charge in [-0.2, -0.15) is 0 Å². The van der Waals surface area contributed by atoms with Gasteiger partial charge in [-0.3, -0.25) is 9.69 Å². The van der Waals surface area contributed by atoms with Gasteiger partial charge in [0.2, 0.25) is 0 Å². The lowest BCUT2D eigenvalue weighted by molar-refractivity contribution is 0.0948. The van der Waals surface area contributed by atoms with E-state index in [1.807, 2.05) is 18.9 Å². The Morgan fingerprint density at radius 2 is 1.94 bits per heavy atom. The van der Waals surface area contributed by atoms with E-state index >= 15 is 0 Å².